The molecule has 0 aliphatic carbocycles. The fourth-order valence-electron chi connectivity index (χ4n) is 2.66. The van der Waals surface area contributed by atoms with Gasteiger partial charge < -0.3 is 10.1 Å². The third-order valence-electron chi connectivity index (χ3n) is 4.01. The van der Waals surface area contributed by atoms with Crippen molar-refractivity contribution in [3.05, 3.63) is 28.3 Å². The molecule has 0 atom stereocenters. The zero-order chi connectivity index (χ0) is 18.5. The zero-order valence-corrected chi connectivity index (χ0v) is 15.4. The van der Waals surface area contributed by atoms with Crippen LogP contribution in [0.25, 0.3) is 0 Å². The number of nitro groups is 1. The van der Waals surface area contributed by atoms with Crippen LogP contribution in [0.2, 0.25) is 0 Å². The van der Waals surface area contributed by atoms with Crippen LogP contribution in [0.4, 0.5) is 11.4 Å². The van der Waals surface area contributed by atoms with Crippen LogP contribution in [0.5, 0.6) is 5.75 Å². The minimum Gasteiger partial charge on any atom is -0.494 e. The van der Waals surface area contributed by atoms with Crippen LogP contribution in [-0.4, -0.2) is 17.4 Å². The van der Waals surface area contributed by atoms with Gasteiger partial charge in [-0.2, -0.15) is 0 Å². The summed E-state index contributed by atoms with van der Waals surface area (Å²) in [5.74, 6) is 0.244. The highest BCUT2D eigenvalue weighted by Crippen LogP contribution is 2.29. The van der Waals surface area contributed by atoms with E-state index in [-0.39, 0.29) is 17.3 Å². The molecule has 0 heterocycles. The van der Waals surface area contributed by atoms with Gasteiger partial charge in [0, 0.05) is 6.42 Å². The molecule has 0 aliphatic rings. The Hall–Kier alpha value is -2.11. The first-order valence-corrected chi connectivity index (χ1v) is 9.29. The summed E-state index contributed by atoms with van der Waals surface area (Å²) < 4.78 is 5.27. The van der Waals surface area contributed by atoms with E-state index in [9.17, 15) is 14.9 Å². The van der Waals surface area contributed by atoms with Gasteiger partial charge in [0.05, 0.1) is 17.6 Å². The van der Waals surface area contributed by atoms with Gasteiger partial charge in [-0.25, -0.2) is 0 Å². The molecular weight excluding hydrogens is 320 g/mol. The molecule has 0 bridgehead atoms. The second-order valence-electron chi connectivity index (χ2n) is 6.14. The van der Waals surface area contributed by atoms with Crippen molar-refractivity contribution < 1.29 is 14.5 Å². The molecule has 0 fully saturated rings. The van der Waals surface area contributed by atoms with Gasteiger partial charge in [-0.1, -0.05) is 51.9 Å². The Morgan fingerprint density at radius 3 is 2.32 bits per heavy atom. The lowest BCUT2D eigenvalue weighted by atomic mass is 10.1. The van der Waals surface area contributed by atoms with Gasteiger partial charge in [0.1, 0.15) is 11.4 Å². The third kappa shape index (κ3) is 8.52. The number of benzene rings is 1. The highest BCUT2D eigenvalue weighted by molar-refractivity contribution is 5.93. The highest BCUT2D eigenvalue weighted by Gasteiger charge is 2.17. The van der Waals surface area contributed by atoms with Gasteiger partial charge in [-0.3, -0.25) is 14.9 Å². The van der Waals surface area contributed by atoms with Crippen molar-refractivity contribution in [3.63, 3.8) is 0 Å². The minimum atomic E-state index is -0.506. The van der Waals surface area contributed by atoms with Crippen molar-refractivity contribution in [2.24, 2.45) is 0 Å². The average Bonchev–Trinajstić information content (AvgIpc) is 2.58. The molecule has 0 saturated carbocycles. The molecule has 0 aliphatic heterocycles. The Balaban J connectivity index is 2.37. The Labute approximate surface area is 150 Å². The van der Waals surface area contributed by atoms with Crippen LogP contribution in [0.3, 0.4) is 0 Å². The minimum absolute atomic E-state index is 0.143. The van der Waals surface area contributed by atoms with Crippen LogP contribution >= 0.6 is 0 Å². The number of ether oxygens (including phenoxy) is 1. The number of carbonyl (C=O) groups excluding carboxylic acids is 1. The monoisotopic (exact) mass is 350 g/mol. The van der Waals surface area contributed by atoms with Crippen molar-refractivity contribution in [1.82, 2.24) is 0 Å². The highest BCUT2D eigenvalue weighted by atomic mass is 16.6. The molecule has 0 aromatic heterocycles. The Morgan fingerprint density at radius 2 is 1.72 bits per heavy atom. The predicted octanol–water partition coefficient (Wildman–Crippen LogP) is 5.46. The molecule has 0 saturated heterocycles. The lowest BCUT2D eigenvalue weighted by molar-refractivity contribution is -0.384. The first-order valence-electron chi connectivity index (χ1n) is 9.29. The van der Waals surface area contributed by atoms with Crippen molar-refractivity contribution in [3.8, 4) is 5.75 Å². The van der Waals surface area contributed by atoms with Gasteiger partial charge in [-0.15, -0.1) is 0 Å². The maximum absolute atomic E-state index is 12.0. The number of nitrogens with zero attached hydrogens (tertiary/aromatic N) is 1. The van der Waals surface area contributed by atoms with Crippen molar-refractivity contribution in [2.45, 2.75) is 71.6 Å². The molecule has 1 aromatic rings. The number of hydrogen-bond donors (Lipinski definition) is 1. The van der Waals surface area contributed by atoms with E-state index in [4.69, 9.17) is 4.74 Å². The van der Waals surface area contributed by atoms with Crippen LogP contribution in [0, 0.1) is 10.1 Å². The van der Waals surface area contributed by atoms with Crippen molar-refractivity contribution >= 4 is 17.3 Å². The molecule has 0 unspecified atom stereocenters. The molecule has 1 aromatic carbocycles. The van der Waals surface area contributed by atoms with E-state index in [1.54, 1.807) is 6.07 Å². The molecular formula is C19H30N2O4. The molecule has 0 radical (unpaired) electrons. The van der Waals surface area contributed by atoms with E-state index in [1.807, 2.05) is 6.92 Å². The Morgan fingerprint density at radius 1 is 1.08 bits per heavy atom. The van der Waals surface area contributed by atoms with Gasteiger partial charge in [0.15, 0.2) is 0 Å². The van der Waals surface area contributed by atoms with Gasteiger partial charge in [0.25, 0.3) is 5.69 Å². The average molecular weight is 350 g/mol. The van der Waals surface area contributed by atoms with E-state index in [2.05, 4.69) is 12.2 Å². The summed E-state index contributed by atoms with van der Waals surface area (Å²) in [5.41, 5.74) is 0.0771. The second kappa shape index (κ2) is 12.3. The first-order chi connectivity index (χ1) is 12.1. The summed E-state index contributed by atoms with van der Waals surface area (Å²) >= 11 is 0. The quantitative estimate of drug-likeness (QED) is 0.291. The predicted molar refractivity (Wildman–Crippen MR) is 100 cm³/mol. The number of rotatable bonds is 13. The third-order valence-corrected chi connectivity index (χ3v) is 4.01. The van der Waals surface area contributed by atoms with Gasteiger partial charge in [0.2, 0.25) is 5.91 Å². The summed E-state index contributed by atoms with van der Waals surface area (Å²) in [6, 6.07) is 4.49. The van der Waals surface area contributed by atoms with Crippen LogP contribution in [-0.2, 0) is 4.79 Å². The smallest absolute Gasteiger partial charge is 0.296 e. The molecule has 140 valence electrons. The van der Waals surface area contributed by atoms with Gasteiger partial charge in [-0.05, 0) is 25.5 Å². The van der Waals surface area contributed by atoms with E-state index in [1.165, 1.54) is 44.2 Å². The van der Waals surface area contributed by atoms with Crippen LogP contribution in [0.15, 0.2) is 18.2 Å². The number of amides is 1. The lowest BCUT2D eigenvalue weighted by Crippen LogP contribution is -2.12. The molecule has 25 heavy (non-hydrogen) atoms. The van der Waals surface area contributed by atoms with Crippen LogP contribution in [0.1, 0.15) is 71.6 Å². The standard InChI is InChI=1S/C19H30N2O4/c1-3-5-6-7-8-9-10-11-12-19(22)20-17-14-13-16(25-4-2)15-18(17)21(23)24/h13-15H,3-12H2,1-2H3,(H,20,22). The van der Waals surface area contributed by atoms with Crippen LogP contribution < -0.4 is 10.1 Å². The molecule has 6 nitrogen and oxygen atoms in total. The molecule has 1 N–H and O–H groups in total. The number of nitro benzene ring substituents is 1. The molecule has 1 rings (SSSR count). The fourth-order valence-corrected chi connectivity index (χ4v) is 2.66. The summed E-state index contributed by atoms with van der Waals surface area (Å²) in [5, 5.41) is 13.8. The summed E-state index contributed by atoms with van der Waals surface area (Å²) in [7, 11) is 0. The first kappa shape index (κ1) is 20.9. The fraction of sp³-hybridized carbons (Fsp3) is 0.632. The van der Waals surface area contributed by atoms with E-state index in [0.717, 1.165) is 19.3 Å². The summed E-state index contributed by atoms with van der Waals surface area (Å²) in [4.78, 5) is 22.7. The van der Waals surface area contributed by atoms with Gasteiger partial charge >= 0.3 is 0 Å². The maximum atomic E-state index is 12.0. The molecule has 0 spiro atoms. The largest absolute Gasteiger partial charge is 0.494 e. The van der Waals surface area contributed by atoms with Crippen molar-refractivity contribution in [1.29, 1.82) is 0 Å². The van der Waals surface area contributed by atoms with E-state index >= 15 is 0 Å². The maximum Gasteiger partial charge on any atom is 0.296 e. The molecule has 6 heteroatoms. The zero-order valence-electron chi connectivity index (χ0n) is 15.4. The Kier molecular flexibility index (Phi) is 10.3. The SMILES string of the molecule is CCCCCCCCCCC(=O)Nc1ccc(OCC)cc1[N+](=O)[O-]. The number of hydrogen-bond acceptors (Lipinski definition) is 4. The van der Waals surface area contributed by atoms with Crippen molar-refractivity contribution in [2.75, 3.05) is 11.9 Å². The lowest BCUT2D eigenvalue weighted by Gasteiger charge is -2.08. The topological polar surface area (TPSA) is 81.5 Å². The number of carbonyl (C=O) groups is 1. The number of unbranched alkanes of at least 4 members (excludes halogenated alkanes) is 7. The normalized spacial score (nSPS) is 10.5. The van der Waals surface area contributed by atoms with E-state index in [0.29, 0.717) is 18.8 Å². The second-order valence-corrected chi connectivity index (χ2v) is 6.14. The molecule has 1 amide bonds. The Bertz CT molecular complexity index is 546. The van der Waals surface area contributed by atoms with E-state index < -0.39 is 4.92 Å². The number of nitrogens with one attached hydrogen (secondary N) is 1. The summed E-state index contributed by atoms with van der Waals surface area (Å²) in [6.07, 6.45) is 9.67. The summed E-state index contributed by atoms with van der Waals surface area (Å²) in [6.45, 7) is 4.44. The number of anilines is 1.